The molecule has 0 saturated heterocycles. The number of hydrogen-bond acceptors (Lipinski definition) is 1. The molecule has 1 aliphatic carbocycles. The summed E-state index contributed by atoms with van der Waals surface area (Å²) in [7, 11) is 2.03. The van der Waals surface area contributed by atoms with Crippen molar-refractivity contribution >= 4 is 5.57 Å². The molecule has 0 saturated carbocycles. The van der Waals surface area contributed by atoms with Gasteiger partial charge in [-0.05, 0) is 44.7 Å². The van der Waals surface area contributed by atoms with E-state index in [0.29, 0.717) is 12.8 Å². The van der Waals surface area contributed by atoms with Crippen LogP contribution < -0.4 is 0 Å². The van der Waals surface area contributed by atoms with Crippen molar-refractivity contribution in [3.05, 3.63) is 71.7 Å². The molecule has 0 aliphatic heterocycles. The van der Waals surface area contributed by atoms with E-state index in [1.807, 2.05) is 45.3 Å². The predicted octanol–water partition coefficient (Wildman–Crippen LogP) is 6.36. The average molecular weight is 365 g/mol. The summed E-state index contributed by atoms with van der Waals surface area (Å²) in [6.45, 7) is 8.04. The van der Waals surface area contributed by atoms with E-state index in [1.54, 1.807) is 6.08 Å². The zero-order valence-electron chi connectivity index (χ0n) is 17.0. The summed E-state index contributed by atoms with van der Waals surface area (Å²) in [5, 5.41) is 0. The van der Waals surface area contributed by atoms with Crippen LogP contribution in [0.1, 0.15) is 43.6 Å². The molecule has 2 nitrogen and oxygen atoms in total. The Hall–Kier alpha value is -2.42. The van der Waals surface area contributed by atoms with E-state index in [4.69, 9.17) is 4.98 Å². The molecule has 1 aromatic carbocycles. The first-order chi connectivity index (χ1) is 12.9. The fraction of sp³-hybridized carbons (Fsp3) is 0.375. The summed E-state index contributed by atoms with van der Waals surface area (Å²) < 4.78 is 17.8. The number of alkyl halides is 1. The lowest BCUT2D eigenvalue weighted by atomic mass is 9.76. The van der Waals surface area contributed by atoms with Gasteiger partial charge in [0.15, 0.2) is 0 Å². The second-order valence-electron chi connectivity index (χ2n) is 7.41. The van der Waals surface area contributed by atoms with Crippen LogP contribution in [-0.2, 0) is 7.05 Å². The second kappa shape index (κ2) is 7.67. The van der Waals surface area contributed by atoms with Gasteiger partial charge in [0.1, 0.15) is 11.5 Å². The predicted molar refractivity (Wildman–Crippen MR) is 112 cm³/mol. The molecule has 1 heterocycles. The first-order valence-electron chi connectivity index (χ1n) is 9.71. The minimum absolute atomic E-state index is 0.226. The molecule has 3 rings (SSSR count). The Kier molecular flexibility index (Phi) is 5.50. The Labute approximate surface area is 162 Å². The second-order valence-corrected chi connectivity index (χ2v) is 7.41. The molecular formula is C24H29FN2. The van der Waals surface area contributed by atoms with Gasteiger partial charge >= 0.3 is 0 Å². The molecule has 1 aliphatic rings. The van der Waals surface area contributed by atoms with Gasteiger partial charge in [0.2, 0.25) is 0 Å². The molecule has 0 amide bonds. The number of imidazole rings is 1. The summed E-state index contributed by atoms with van der Waals surface area (Å²) >= 11 is 0. The molecule has 0 spiro atoms. The maximum absolute atomic E-state index is 15.7. The van der Waals surface area contributed by atoms with Gasteiger partial charge in [0.05, 0.1) is 11.9 Å². The lowest BCUT2D eigenvalue weighted by Crippen LogP contribution is -2.32. The smallest absolute Gasteiger partial charge is 0.136 e. The molecule has 2 aromatic rings. The van der Waals surface area contributed by atoms with Crippen LogP contribution in [0.5, 0.6) is 0 Å². The van der Waals surface area contributed by atoms with Crippen molar-refractivity contribution in [1.82, 2.24) is 9.55 Å². The lowest BCUT2D eigenvalue weighted by molar-refractivity contribution is 0.165. The van der Waals surface area contributed by atoms with E-state index >= 15 is 4.39 Å². The summed E-state index contributed by atoms with van der Waals surface area (Å²) in [5.41, 5.74) is 4.33. The molecule has 0 bridgehead atoms. The van der Waals surface area contributed by atoms with Crippen LogP contribution >= 0.6 is 0 Å². The van der Waals surface area contributed by atoms with E-state index < -0.39 is 5.67 Å². The van der Waals surface area contributed by atoms with Gasteiger partial charge in [-0.3, -0.25) is 0 Å². The molecular weight excluding hydrogens is 335 g/mol. The molecule has 27 heavy (non-hydrogen) atoms. The highest BCUT2D eigenvalue weighted by Crippen LogP contribution is 2.42. The third kappa shape index (κ3) is 3.43. The van der Waals surface area contributed by atoms with E-state index in [9.17, 15) is 0 Å². The van der Waals surface area contributed by atoms with Crippen LogP contribution in [0.2, 0.25) is 0 Å². The number of allylic oxidation sites excluding steroid dienone is 6. The van der Waals surface area contributed by atoms with Crippen molar-refractivity contribution in [2.24, 2.45) is 13.0 Å². The Morgan fingerprint density at radius 3 is 2.63 bits per heavy atom. The van der Waals surface area contributed by atoms with Gasteiger partial charge in [-0.15, -0.1) is 0 Å². The zero-order valence-corrected chi connectivity index (χ0v) is 17.0. The summed E-state index contributed by atoms with van der Waals surface area (Å²) in [4.78, 5) is 4.73. The number of benzene rings is 1. The molecule has 0 N–H and O–H groups in total. The highest BCUT2D eigenvalue weighted by molar-refractivity contribution is 5.73. The molecule has 1 aromatic heterocycles. The Morgan fingerprint density at radius 2 is 2.00 bits per heavy atom. The Balaban J connectivity index is 2.10. The molecule has 3 heteroatoms. The van der Waals surface area contributed by atoms with E-state index in [2.05, 4.69) is 42.7 Å². The van der Waals surface area contributed by atoms with Gasteiger partial charge in [-0.2, -0.15) is 0 Å². The van der Waals surface area contributed by atoms with Gasteiger partial charge in [0, 0.05) is 24.1 Å². The molecule has 0 fully saturated rings. The zero-order chi connectivity index (χ0) is 19.6. The molecule has 2 unspecified atom stereocenters. The van der Waals surface area contributed by atoms with Crippen molar-refractivity contribution in [3.63, 3.8) is 0 Å². The van der Waals surface area contributed by atoms with E-state index in [0.717, 1.165) is 17.1 Å². The monoisotopic (exact) mass is 364 g/mol. The molecule has 0 radical (unpaired) electrons. The summed E-state index contributed by atoms with van der Waals surface area (Å²) in [6, 6.07) is 6.32. The van der Waals surface area contributed by atoms with Gasteiger partial charge in [0.25, 0.3) is 0 Å². The van der Waals surface area contributed by atoms with Crippen LogP contribution in [0, 0.1) is 19.8 Å². The van der Waals surface area contributed by atoms with Crippen LogP contribution in [0.4, 0.5) is 4.39 Å². The first kappa shape index (κ1) is 19.3. The van der Waals surface area contributed by atoms with E-state index in [1.165, 1.54) is 16.7 Å². The van der Waals surface area contributed by atoms with Gasteiger partial charge in [-0.25, -0.2) is 9.37 Å². The largest absolute Gasteiger partial charge is 0.327 e. The SMILES string of the molecule is CC=CC(F)(CC)C1CC=CC=C1c1ncc(-c2c(C)cccc2C)n1C. The Morgan fingerprint density at radius 1 is 1.30 bits per heavy atom. The number of rotatable bonds is 5. The van der Waals surface area contributed by atoms with Crippen LogP contribution in [0.3, 0.4) is 0 Å². The fourth-order valence-corrected chi connectivity index (χ4v) is 4.20. The minimum Gasteiger partial charge on any atom is -0.327 e. The van der Waals surface area contributed by atoms with Crippen molar-refractivity contribution in [3.8, 4) is 11.3 Å². The number of halogens is 1. The maximum Gasteiger partial charge on any atom is 0.136 e. The summed E-state index contributed by atoms with van der Waals surface area (Å²) in [5.74, 6) is 0.623. The summed E-state index contributed by atoms with van der Waals surface area (Å²) in [6.07, 6.45) is 12.7. The fourth-order valence-electron chi connectivity index (χ4n) is 4.20. The first-order valence-corrected chi connectivity index (χ1v) is 9.71. The number of aromatic nitrogens is 2. The number of hydrogen-bond donors (Lipinski definition) is 0. The Bertz CT molecular complexity index is 896. The van der Waals surface area contributed by atoms with Crippen LogP contribution in [-0.4, -0.2) is 15.2 Å². The normalized spacial score (nSPS) is 19.3. The van der Waals surface area contributed by atoms with Crippen molar-refractivity contribution in [2.45, 2.75) is 46.2 Å². The van der Waals surface area contributed by atoms with Crippen LogP contribution in [0.15, 0.2) is 54.8 Å². The topological polar surface area (TPSA) is 17.8 Å². The highest BCUT2D eigenvalue weighted by atomic mass is 19.1. The average Bonchev–Trinajstić information content (AvgIpc) is 3.03. The van der Waals surface area contributed by atoms with Crippen molar-refractivity contribution in [1.29, 1.82) is 0 Å². The molecule has 142 valence electrons. The lowest BCUT2D eigenvalue weighted by Gasteiger charge is -2.33. The number of nitrogens with zero attached hydrogens (tertiary/aromatic N) is 2. The third-order valence-corrected chi connectivity index (χ3v) is 5.71. The number of aryl methyl sites for hydroxylation is 2. The standard InChI is InChI=1S/C24H29FN2/c1-6-15-24(25,7-2)20-14-9-8-13-19(20)23-26-16-21(27(23)5)22-17(3)11-10-12-18(22)4/h6,8-13,15-16,20H,7,14H2,1-5H3. The van der Waals surface area contributed by atoms with Gasteiger partial charge < -0.3 is 4.57 Å². The van der Waals surface area contributed by atoms with E-state index in [-0.39, 0.29) is 5.92 Å². The van der Waals surface area contributed by atoms with Crippen molar-refractivity contribution in [2.75, 3.05) is 0 Å². The van der Waals surface area contributed by atoms with Gasteiger partial charge in [-0.1, -0.05) is 55.5 Å². The highest BCUT2D eigenvalue weighted by Gasteiger charge is 2.39. The minimum atomic E-state index is -1.37. The quantitative estimate of drug-likeness (QED) is 0.565. The molecule has 2 atom stereocenters. The third-order valence-electron chi connectivity index (χ3n) is 5.71. The van der Waals surface area contributed by atoms with Crippen molar-refractivity contribution < 1.29 is 4.39 Å². The maximum atomic E-state index is 15.7. The van der Waals surface area contributed by atoms with Crippen LogP contribution in [0.25, 0.3) is 16.8 Å².